The molecule has 0 aliphatic rings. The lowest BCUT2D eigenvalue weighted by Crippen LogP contribution is -2.39. The number of amides is 3. The van der Waals surface area contributed by atoms with Gasteiger partial charge >= 0.3 is 6.03 Å². The van der Waals surface area contributed by atoms with Gasteiger partial charge in [-0.05, 0) is 42.8 Å². The average Bonchev–Trinajstić information content (AvgIpc) is 2.53. The molecule has 126 valence electrons. The van der Waals surface area contributed by atoms with Crippen molar-refractivity contribution in [1.29, 1.82) is 0 Å². The monoisotopic (exact) mass is 345 g/mol. The van der Waals surface area contributed by atoms with Crippen LogP contribution in [0.3, 0.4) is 0 Å². The van der Waals surface area contributed by atoms with Crippen LogP contribution >= 0.6 is 11.6 Å². The molecule has 0 bridgehead atoms. The Morgan fingerprint density at radius 1 is 1.12 bits per heavy atom. The Hall–Kier alpha value is -2.53. The molecular formula is C18H20ClN3O2. The summed E-state index contributed by atoms with van der Waals surface area (Å²) in [6, 6.07) is 14.2. The number of anilines is 2. The zero-order valence-corrected chi connectivity index (χ0v) is 14.4. The molecule has 2 aromatic carbocycles. The van der Waals surface area contributed by atoms with E-state index in [9.17, 15) is 9.59 Å². The van der Waals surface area contributed by atoms with Gasteiger partial charge in [0.1, 0.15) is 0 Å². The number of carbonyl (C=O) groups is 2. The van der Waals surface area contributed by atoms with Crippen molar-refractivity contribution >= 4 is 34.9 Å². The zero-order valence-electron chi connectivity index (χ0n) is 13.7. The van der Waals surface area contributed by atoms with Crippen molar-refractivity contribution in [2.45, 2.75) is 13.8 Å². The Morgan fingerprint density at radius 2 is 1.83 bits per heavy atom. The van der Waals surface area contributed by atoms with Crippen LogP contribution in [0.4, 0.5) is 16.2 Å². The Labute approximate surface area is 146 Å². The lowest BCUT2D eigenvalue weighted by atomic mass is 10.2. The van der Waals surface area contributed by atoms with E-state index in [1.54, 1.807) is 23.1 Å². The molecule has 5 nitrogen and oxygen atoms in total. The van der Waals surface area contributed by atoms with Crippen LogP contribution in [0.2, 0.25) is 5.02 Å². The van der Waals surface area contributed by atoms with Crippen LogP contribution in [0.15, 0.2) is 48.5 Å². The first-order valence-electron chi connectivity index (χ1n) is 7.61. The molecule has 3 amide bonds. The summed E-state index contributed by atoms with van der Waals surface area (Å²) in [5, 5.41) is 6.10. The van der Waals surface area contributed by atoms with Gasteiger partial charge in [-0.15, -0.1) is 0 Å². The smallest absolute Gasteiger partial charge is 0.319 e. The fourth-order valence-electron chi connectivity index (χ4n) is 2.35. The van der Waals surface area contributed by atoms with Gasteiger partial charge in [-0.1, -0.05) is 29.8 Å². The van der Waals surface area contributed by atoms with Crippen LogP contribution in [-0.4, -0.2) is 25.0 Å². The quantitative estimate of drug-likeness (QED) is 0.865. The van der Waals surface area contributed by atoms with Crippen molar-refractivity contribution in [3.8, 4) is 0 Å². The number of nitrogens with zero attached hydrogens (tertiary/aromatic N) is 1. The molecular weight excluding hydrogens is 326 g/mol. The van der Waals surface area contributed by atoms with Gasteiger partial charge in [-0.2, -0.15) is 0 Å². The third kappa shape index (κ3) is 4.99. The molecule has 0 spiro atoms. The Bertz CT molecular complexity index is 719. The molecule has 2 N–H and O–H groups in total. The topological polar surface area (TPSA) is 61.4 Å². The number of hydrogen-bond acceptors (Lipinski definition) is 2. The molecule has 0 radical (unpaired) electrons. The lowest BCUT2D eigenvalue weighted by Gasteiger charge is -2.23. The van der Waals surface area contributed by atoms with Gasteiger partial charge in [0.2, 0.25) is 5.91 Å². The van der Waals surface area contributed by atoms with E-state index >= 15 is 0 Å². The van der Waals surface area contributed by atoms with E-state index in [4.69, 9.17) is 11.6 Å². The highest BCUT2D eigenvalue weighted by Crippen LogP contribution is 2.23. The summed E-state index contributed by atoms with van der Waals surface area (Å²) < 4.78 is 0. The van der Waals surface area contributed by atoms with E-state index in [0.29, 0.717) is 23.8 Å². The first kappa shape index (κ1) is 17.8. The van der Waals surface area contributed by atoms with Gasteiger partial charge in [0, 0.05) is 36.4 Å². The van der Waals surface area contributed by atoms with Crippen LogP contribution in [0.1, 0.15) is 12.5 Å². The molecule has 0 saturated heterocycles. The number of para-hydroxylation sites is 1. The number of carbonyl (C=O) groups excluding carboxylic acids is 2. The first-order valence-corrected chi connectivity index (χ1v) is 7.99. The van der Waals surface area contributed by atoms with E-state index in [2.05, 4.69) is 10.6 Å². The molecule has 0 unspecified atom stereocenters. The maximum Gasteiger partial charge on any atom is 0.319 e. The number of hydrogen-bond donors (Lipinski definition) is 2. The van der Waals surface area contributed by atoms with Crippen LogP contribution in [0.25, 0.3) is 0 Å². The molecule has 0 aromatic heterocycles. The Balaban J connectivity index is 1.92. The highest BCUT2D eigenvalue weighted by Gasteiger charge is 2.14. The molecule has 0 fully saturated rings. The van der Waals surface area contributed by atoms with Gasteiger partial charge in [-0.25, -0.2) is 4.79 Å². The fraction of sp³-hybridized carbons (Fsp3) is 0.222. The van der Waals surface area contributed by atoms with E-state index < -0.39 is 0 Å². The summed E-state index contributed by atoms with van der Waals surface area (Å²) >= 11 is 5.96. The van der Waals surface area contributed by atoms with E-state index in [1.807, 2.05) is 37.3 Å². The summed E-state index contributed by atoms with van der Waals surface area (Å²) in [6.45, 7) is 4.10. The van der Waals surface area contributed by atoms with Crippen LogP contribution in [0.5, 0.6) is 0 Å². The molecule has 0 heterocycles. The maximum atomic E-state index is 11.9. The van der Waals surface area contributed by atoms with Crippen molar-refractivity contribution in [1.82, 2.24) is 5.32 Å². The summed E-state index contributed by atoms with van der Waals surface area (Å²) in [6.07, 6.45) is 0. The molecule has 0 aliphatic heterocycles. The Morgan fingerprint density at radius 3 is 2.46 bits per heavy atom. The molecule has 24 heavy (non-hydrogen) atoms. The second-order valence-corrected chi connectivity index (χ2v) is 5.78. The average molecular weight is 346 g/mol. The molecule has 2 aromatic rings. The number of benzene rings is 2. The standard InChI is InChI=1S/C18H20ClN3O2/c1-13-12-15(19)8-9-17(13)22(14(2)23)11-10-20-18(24)21-16-6-4-3-5-7-16/h3-9,12H,10-11H2,1-2H3,(H2,20,21,24). The zero-order chi connectivity index (χ0) is 17.5. The van der Waals surface area contributed by atoms with Gasteiger partial charge < -0.3 is 15.5 Å². The summed E-state index contributed by atoms with van der Waals surface area (Å²) in [7, 11) is 0. The largest absolute Gasteiger partial charge is 0.336 e. The highest BCUT2D eigenvalue weighted by molar-refractivity contribution is 6.30. The van der Waals surface area contributed by atoms with E-state index in [0.717, 1.165) is 11.3 Å². The van der Waals surface area contributed by atoms with Crippen LogP contribution in [-0.2, 0) is 4.79 Å². The SMILES string of the molecule is CC(=O)N(CCNC(=O)Nc1ccccc1)c1ccc(Cl)cc1C. The van der Waals surface area contributed by atoms with Gasteiger partial charge in [0.15, 0.2) is 0 Å². The molecule has 0 aliphatic carbocycles. The lowest BCUT2D eigenvalue weighted by molar-refractivity contribution is -0.116. The number of nitrogens with one attached hydrogen (secondary N) is 2. The number of rotatable bonds is 5. The number of aryl methyl sites for hydroxylation is 1. The molecule has 0 saturated carbocycles. The normalized spacial score (nSPS) is 10.1. The summed E-state index contributed by atoms with van der Waals surface area (Å²) in [5.74, 6) is -0.0920. The molecule has 0 atom stereocenters. The summed E-state index contributed by atoms with van der Waals surface area (Å²) in [4.78, 5) is 25.4. The third-order valence-electron chi connectivity index (χ3n) is 3.48. The van der Waals surface area contributed by atoms with Crippen molar-refractivity contribution in [3.05, 3.63) is 59.1 Å². The Kier molecular flexibility index (Phi) is 6.21. The third-order valence-corrected chi connectivity index (χ3v) is 3.72. The van der Waals surface area contributed by atoms with Crippen molar-refractivity contribution in [3.63, 3.8) is 0 Å². The van der Waals surface area contributed by atoms with Crippen molar-refractivity contribution < 1.29 is 9.59 Å². The van der Waals surface area contributed by atoms with Crippen LogP contribution < -0.4 is 15.5 Å². The maximum absolute atomic E-state index is 11.9. The second-order valence-electron chi connectivity index (χ2n) is 5.35. The minimum absolute atomic E-state index is 0.0920. The summed E-state index contributed by atoms with van der Waals surface area (Å²) in [5.41, 5.74) is 2.41. The van der Waals surface area contributed by atoms with Crippen LogP contribution in [0, 0.1) is 6.92 Å². The van der Waals surface area contributed by atoms with E-state index in [-0.39, 0.29) is 11.9 Å². The second kappa shape index (κ2) is 8.36. The molecule has 6 heteroatoms. The number of urea groups is 1. The van der Waals surface area contributed by atoms with Gasteiger partial charge in [0.25, 0.3) is 0 Å². The minimum Gasteiger partial charge on any atom is -0.336 e. The molecule has 2 rings (SSSR count). The fourth-order valence-corrected chi connectivity index (χ4v) is 2.57. The van der Waals surface area contributed by atoms with Crippen molar-refractivity contribution in [2.24, 2.45) is 0 Å². The van der Waals surface area contributed by atoms with E-state index in [1.165, 1.54) is 6.92 Å². The minimum atomic E-state index is -0.308. The predicted molar refractivity (Wildman–Crippen MR) is 97.7 cm³/mol. The van der Waals surface area contributed by atoms with Crippen molar-refractivity contribution in [2.75, 3.05) is 23.3 Å². The highest BCUT2D eigenvalue weighted by atomic mass is 35.5. The number of halogens is 1. The van der Waals surface area contributed by atoms with Gasteiger partial charge in [0.05, 0.1) is 0 Å². The first-order chi connectivity index (χ1) is 11.5. The predicted octanol–water partition coefficient (Wildman–Crippen LogP) is 3.82. The van der Waals surface area contributed by atoms with Gasteiger partial charge in [-0.3, -0.25) is 4.79 Å².